The zero-order valence-corrected chi connectivity index (χ0v) is 16.6. The van der Waals surface area contributed by atoms with Gasteiger partial charge in [0.1, 0.15) is 5.75 Å². The van der Waals surface area contributed by atoms with Crippen molar-refractivity contribution < 1.29 is 41.7 Å². The average molecular weight is 439 g/mol. The molecule has 0 aliphatic heterocycles. The van der Waals surface area contributed by atoms with E-state index in [9.17, 15) is 32.3 Å². The highest BCUT2D eigenvalue weighted by atomic mass is 19.4. The summed E-state index contributed by atoms with van der Waals surface area (Å²) in [5.41, 5.74) is 0.457. The molecule has 1 N–H and O–H groups in total. The number of phenols is 1. The maximum Gasteiger partial charge on any atom is 0.573 e. The number of nitrogens with zero attached hydrogens (tertiary/aromatic N) is 1. The maximum absolute atomic E-state index is 14.8. The van der Waals surface area contributed by atoms with Gasteiger partial charge in [-0.05, 0) is 55.8 Å². The van der Waals surface area contributed by atoms with Gasteiger partial charge in [-0.2, -0.15) is 0 Å². The molecule has 0 saturated carbocycles. The highest BCUT2D eigenvalue weighted by molar-refractivity contribution is 6.05. The number of hydrogen-bond acceptors (Lipinski definition) is 5. The van der Waals surface area contributed by atoms with E-state index in [0.717, 1.165) is 42.0 Å². The number of carbonyl (C=O) groups excluding carboxylic acids is 2. The zero-order valence-electron chi connectivity index (χ0n) is 16.6. The molecule has 3 rings (SSSR count). The standard InChI is InChI=1S/C21H17F4NO5/c1-10(20(29)30-3)16-11(2)26(14-8-9-15(27)18(22)17(14)16)19(28)12-4-6-13(7-5-12)31-21(23,24)25/h4-10,27H,1-3H3. The van der Waals surface area contributed by atoms with E-state index in [2.05, 4.69) is 4.74 Å². The van der Waals surface area contributed by atoms with Crippen molar-refractivity contribution in [3.05, 3.63) is 59.0 Å². The number of carbonyl (C=O) groups is 2. The molecule has 10 heteroatoms. The molecule has 0 aliphatic rings. The molecule has 6 nitrogen and oxygen atoms in total. The van der Waals surface area contributed by atoms with Crippen LogP contribution in [-0.2, 0) is 9.53 Å². The van der Waals surface area contributed by atoms with Crippen LogP contribution in [0.25, 0.3) is 10.9 Å². The molecule has 1 heterocycles. The lowest BCUT2D eigenvalue weighted by atomic mass is 9.97. The molecule has 2 aromatic carbocycles. The van der Waals surface area contributed by atoms with Gasteiger partial charge in [0.2, 0.25) is 0 Å². The lowest BCUT2D eigenvalue weighted by Gasteiger charge is -2.12. The van der Waals surface area contributed by atoms with Crippen molar-refractivity contribution in [3.8, 4) is 11.5 Å². The second-order valence-electron chi connectivity index (χ2n) is 6.75. The lowest BCUT2D eigenvalue weighted by molar-refractivity contribution is -0.274. The Morgan fingerprint density at radius 2 is 1.71 bits per heavy atom. The van der Waals surface area contributed by atoms with Gasteiger partial charge in [0, 0.05) is 16.6 Å². The molecule has 31 heavy (non-hydrogen) atoms. The Morgan fingerprint density at radius 3 is 2.26 bits per heavy atom. The summed E-state index contributed by atoms with van der Waals surface area (Å²) in [5, 5.41) is 9.68. The second kappa shape index (κ2) is 7.93. The Kier molecular flexibility index (Phi) is 5.66. The van der Waals surface area contributed by atoms with Gasteiger partial charge in [-0.3, -0.25) is 14.2 Å². The smallest absolute Gasteiger partial charge is 0.505 e. The SMILES string of the molecule is COC(=O)C(C)c1c(C)n(C(=O)c2ccc(OC(F)(F)F)cc2)c2ccc(O)c(F)c12. The predicted octanol–water partition coefficient (Wildman–Crippen LogP) is 4.66. The number of rotatable bonds is 4. The van der Waals surface area contributed by atoms with Gasteiger partial charge in [-0.1, -0.05) is 0 Å². The lowest BCUT2D eigenvalue weighted by Crippen LogP contribution is -2.18. The Hall–Kier alpha value is -3.56. The minimum atomic E-state index is -4.88. The van der Waals surface area contributed by atoms with Crippen LogP contribution in [0.4, 0.5) is 17.6 Å². The number of halogens is 4. The third kappa shape index (κ3) is 4.05. The summed E-state index contributed by atoms with van der Waals surface area (Å²) in [6, 6.07) is 6.60. The fourth-order valence-corrected chi connectivity index (χ4v) is 3.49. The molecular formula is C21H17F4NO5. The first-order valence-electron chi connectivity index (χ1n) is 8.97. The monoisotopic (exact) mass is 439 g/mol. The van der Waals surface area contributed by atoms with Crippen LogP contribution in [0, 0.1) is 12.7 Å². The molecule has 0 spiro atoms. The summed E-state index contributed by atoms with van der Waals surface area (Å²) in [6.07, 6.45) is -4.88. The highest BCUT2D eigenvalue weighted by Gasteiger charge is 2.32. The molecule has 1 atom stereocenters. The Labute approximate surface area is 173 Å². The van der Waals surface area contributed by atoms with Crippen LogP contribution >= 0.6 is 0 Å². The van der Waals surface area contributed by atoms with E-state index in [4.69, 9.17) is 4.74 Å². The third-order valence-corrected chi connectivity index (χ3v) is 4.86. The van der Waals surface area contributed by atoms with Gasteiger partial charge in [-0.15, -0.1) is 13.2 Å². The van der Waals surface area contributed by atoms with Gasteiger partial charge < -0.3 is 14.6 Å². The van der Waals surface area contributed by atoms with E-state index in [1.165, 1.54) is 19.9 Å². The van der Waals surface area contributed by atoms with E-state index in [1.807, 2.05) is 0 Å². The van der Waals surface area contributed by atoms with Crippen molar-refractivity contribution in [2.24, 2.45) is 0 Å². The summed E-state index contributed by atoms with van der Waals surface area (Å²) in [5.74, 6) is -4.48. The van der Waals surface area contributed by atoms with Crippen molar-refractivity contribution in [1.82, 2.24) is 4.57 Å². The van der Waals surface area contributed by atoms with E-state index in [1.54, 1.807) is 0 Å². The molecule has 0 fully saturated rings. The molecule has 1 aromatic heterocycles. The van der Waals surface area contributed by atoms with Crippen molar-refractivity contribution >= 4 is 22.8 Å². The van der Waals surface area contributed by atoms with Gasteiger partial charge in [0.15, 0.2) is 11.6 Å². The van der Waals surface area contributed by atoms with E-state index < -0.39 is 41.5 Å². The molecule has 0 bridgehead atoms. The van der Waals surface area contributed by atoms with Crippen LogP contribution in [0.5, 0.6) is 11.5 Å². The molecule has 3 aromatic rings. The van der Waals surface area contributed by atoms with Crippen LogP contribution in [0.15, 0.2) is 36.4 Å². The minimum absolute atomic E-state index is 0.000258. The Morgan fingerprint density at radius 1 is 1.10 bits per heavy atom. The van der Waals surface area contributed by atoms with Crippen LogP contribution in [0.1, 0.15) is 34.5 Å². The number of aromatic hydroxyl groups is 1. The van der Waals surface area contributed by atoms with Crippen molar-refractivity contribution in [2.75, 3.05) is 7.11 Å². The van der Waals surface area contributed by atoms with Crippen LogP contribution in [-0.4, -0.2) is 35.0 Å². The van der Waals surface area contributed by atoms with Gasteiger partial charge >= 0.3 is 12.3 Å². The average Bonchev–Trinajstić information content (AvgIpc) is 3.01. The summed E-state index contributed by atoms with van der Waals surface area (Å²) in [7, 11) is 1.16. The fourth-order valence-electron chi connectivity index (χ4n) is 3.49. The third-order valence-electron chi connectivity index (χ3n) is 4.86. The summed E-state index contributed by atoms with van der Waals surface area (Å²) >= 11 is 0. The highest BCUT2D eigenvalue weighted by Crippen LogP contribution is 2.37. The molecule has 164 valence electrons. The predicted molar refractivity (Wildman–Crippen MR) is 102 cm³/mol. The van der Waals surface area contributed by atoms with Crippen LogP contribution < -0.4 is 4.74 Å². The molecule has 0 amide bonds. The maximum atomic E-state index is 14.8. The first-order valence-corrected chi connectivity index (χ1v) is 8.97. The fraction of sp³-hybridized carbons (Fsp3) is 0.238. The minimum Gasteiger partial charge on any atom is -0.505 e. The summed E-state index contributed by atoms with van der Waals surface area (Å²) < 4.78 is 61.5. The largest absolute Gasteiger partial charge is 0.573 e. The van der Waals surface area contributed by atoms with Crippen molar-refractivity contribution in [1.29, 1.82) is 0 Å². The number of methoxy groups -OCH3 is 1. The Bertz CT molecular complexity index is 1170. The number of ether oxygens (including phenoxy) is 2. The van der Waals surface area contributed by atoms with Crippen LogP contribution in [0.2, 0.25) is 0 Å². The number of aromatic nitrogens is 1. The summed E-state index contributed by atoms with van der Waals surface area (Å²) in [4.78, 5) is 25.2. The Balaban J connectivity index is 2.16. The normalized spacial score (nSPS) is 12.6. The number of hydrogen-bond donors (Lipinski definition) is 1. The van der Waals surface area contributed by atoms with E-state index in [-0.39, 0.29) is 27.7 Å². The number of alkyl halides is 3. The first kappa shape index (κ1) is 22.1. The molecule has 1 unspecified atom stereocenters. The van der Waals surface area contributed by atoms with E-state index >= 15 is 0 Å². The first-order chi connectivity index (χ1) is 14.5. The molecule has 0 saturated heterocycles. The van der Waals surface area contributed by atoms with Gasteiger partial charge in [-0.25, -0.2) is 4.39 Å². The van der Waals surface area contributed by atoms with Gasteiger partial charge in [0.05, 0.1) is 18.5 Å². The number of esters is 1. The number of benzene rings is 2. The second-order valence-corrected chi connectivity index (χ2v) is 6.75. The zero-order chi connectivity index (χ0) is 23.1. The number of fused-ring (bicyclic) bond motifs is 1. The molecular weight excluding hydrogens is 422 g/mol. The molecule has 0 radical (unpaired) electrons. The quantitative estimate of drug-likeness (QED) is 0.473. The number of phenolic OH excluding ortho intramolecular Hbond substituents is 1. The summed E-state index contributed by atoms with van der Waals surface area (Å²) in [6.45, 7) is 2.96. The van der Waals surface area contributed by atoms with Crippen molar-refractivity contribution in [3.63, 3.8) is 0 Å². The topological polar surface area (TPSA) is 77.8 Å². The molecule has 0 aliphatic carbocycles. The van der Waals surface area contributed by atoms with Crippen molar-refractivity contribution in [2.45, 2.75) is 26.1 Å². The van der Waals surface area contributed by atoms with Crippen LogP contribution in [0.3, 0.4) is 0 Å². The van der Waals surface area contributed by atoms with E-state index in [0.29, 0.717) is 0 Å². The van der Waals surface area contributed by atoms with Gasteiger partial charge in [0.25, 0.3) is 5.91 Å².